The number of nitrogens with zero attached hydrogens (tertiary/aromatic N) is 1. The van der Waals surface area contributed by atoms with Crippen molar-refractivity contribution in [2.75, 3.05) is 32.8 Å². The van der Waals surface area contributed by atoms with Crippen molar-refractivity contribution in [3.63, 3.8) is 0 Å². The van der Waals surface area contributed by atoms with Gasteiger partial charge in [0.25, 0.3) is 0 Å². The van der Waals surface area contributed by atoms with Crippen molar-refractivity contribution in [2.24, 2.45) is 0 Å². The third-order valence-corrected chi connectivity index (χ3v) is 7.34. The van der Waals surface area contributed by atoms with Gasteiger partial charge in [0.2, 0.25) is 10.0 Å². The number of nitrogens with one attached hydrogen (secondary N) is 1. The topological polar surface area (TPSA) is 58.6 Å². The first-order chi connectivity index (χ1) is 14.0. The van der Waals surface area contributed by atoms with Crippen molar-refractivity contribution in [3.8, 4) is 0 Å². The van der Waals surface area contributed by atoms with Gasteiger partial charge in [0.1, 0.15) is 0 Å². The Hall–Kier alpha value is -1.70. The molecule has 4 rings (SSSR count). The molecule has 2 aromatic rings. The number of rotatable bonds is 6. The maximum atomic E-state index is 13.0. The molecule has 2 aliphatic rings. The molecule has 1 aliphatic carbocycles. The van der Waals surface area contributed by atoms with Crippen LogP contribution in [-0.2, 0) is 21.2 Å². The second-order valence-corrected chi connectivity index (χ2v) is 9.64. The Morgan fingerprint density at radius 2 is 1.86 bits per heavy atom. The normalized spacial score (nSPS) is 18.7. The average molecular weight is 433 g/mol. The van der Waals surface area contributed by atoms with Crippen molar-refractivity contribution >= 4 is 27.7 Å². The van der Waals surface area contributed by atoms with E-state index in [4.69, 9.17) is 16.3 Å². The van der Waals surface area contributed by atoms with Crippen LogP contribution >= 0.6 is 11.6 Å². The monoisotopic (exact) mass is 432 g/mol. The van der Waals surface area contributed by atoms with Crippen LogP contribution in [0.15, 0.2) is 53.4 Å². The Kier molecular flexibility index (Phi) is 6.37. The highest BCUT2D eigenvalue weighted by molar-refractivity contribution is 7.93. The molecule has 5 nitrogen and oxygen atoms in total. The summed E-state index contributed by atoms with van der Waals surface area (Å²) in [5, 5.41) is 0.648. The second kappa shape index (κ2) is 8.98. The van der Waals surface area contributed by atoms with Crippen LogP contribution in [0.1, 0.15) is 29.2 Å². The lowest BCUT2D eigenvalue weighted by Crippen LogP contribution is -2.44. The standard InChI is InChI=1S/C22H25ClN2O3S/c23-20-7-3-6-19(14-20)22(25-10-12-28-13-11-25)16-24-29(26,27)21-9-8-17-4-1-2-5-18(17)15-21/h1-7,14-15,22,24H,8-13,16H2. The average Bonchev–Trinajstić information content (AvgIpc) is 2.74. The molecule has 0 bridgehead atoms. The van der Waals surface area contributed by atoms with Gasteiger partial charge < -0.3 is 4.74 Å². The van der Waals surface area contributed by atoms with E-state index in [1.165, 1.54) is 5.56 Å². The minimum atomic E-state index is -3.56. The van der Waals surface area contributed by atoms with E-state index in [9.17, 15) is 8.42 Å². The molecule has 0 spiro atoms. The molecule has 1 unspecified atom stereocenters. The van der Waals surface area contributed by atoms with E-state index in [0.29, 0.717) is 36.1 Å². The minimum absolute atomic E-state index is 0.0937. The first-order valence-electron chi connectivity index (χ1n) is 9.88. The lowest BCUT2D eigenvalue weighted by molar-refractivity contribution is 0.0172. The minimum Gasteiger partial charge on any atom is -0.379 e. The van der Waals surface area contributed by atoms with Gasteiger partial charge in [-0.2, -0.15) is 0 Å². The van der Waals surface area contributed by atoms with Crippen molar-refractivity contribution in [3.05, 3.63) is 75.1 Å². The lowest BCUT2D eigenvalue weighted by Gasteiger charge is -2.35. The van der Waals surface area contributed by atoms with Crippen LogP contribution in [0.25, 0.3) is 6.08 Å². The quantitative estimate of drug-likeness (QED) is 0.757. The molecule has 1 heterocycles. The fourth-order valence-electron chi connectivity index (χ4n) is 3.96. The van der Waals surface area contributed by atoms with Crippen molar-refractivity contribution < 1.29 is 13.2 Å². The van der Waals surface area contributed by atoms with E-state index in [2.05, 4.69) is 15.7 Å². The van der Waals surface area contributed by atoms with Gasteiger partial charge in [0.05, 0.1) is 18.1 Å². The summed E-state index contributed by atoms with van der Waals surface area (Å²) in [7, 11) is -3.56. The summed E-state index contributed by atoms with van der Waals surface area (Å²) >= 11 is 6.20. The molecule has 1 fully saturated rings. The number of halogens is 1. The summed E-state index contributed by atoms with van der Waals surface area (Å²) in [6.45, 7) is 3.10. The van der Waals surface area contributed by atoms with E-state index < -0.39 is 10.0 Å². The lowest BCUT2D eigenvalue weighted by atomic mass is 9.98. The van der Waals surface area contributed by atoms with Crippen molar-refractivity contribution in [1.29, 1.82) is 0 Å². The summed E-state index contributed by atoms with van der Waals surface area (Å²) in [5.74, 6) is 0. The predicted molar refractivity (Wildman–Crippen MR) is 116 cm³/mol. The summed E-state index contributed by atoms with van der Waals surface area (Å²) in [4.78, 5) is 2.70. The zero-order valence-electron chi connectivity index (χ0n) is 16.2. The molecular weight excluding hydrogens is 408 g/mol. The molecule has 1 aliphatic heterocycles. The molecule has 0 saturated carbocycles. The number of allylic oxidation sites excluding steroid dienone is 1. The van der Waals surface area contributed by atoms with Gasteiger partial charge in [0, 0.05) is 30.7 Å². The molecule has 0 amide bonds. The molecule has 1 saturated heterocycles. The van der Waals surface area contributed by atoms with E-state index in [0.717, 1.165) is 30.6 Å². The molecule has 2 aromatic carbocycles. The van der Waals surface area contributed by atoms with E-state index in [1.807, 2.05) is 42.5 Å². The molecule has 1 N–H and O–H groups in total. The zero-order chi connectivity index (χ0) is 20.3. The molecule has 154 valence electrons. The maximum Gasteiger partial charge on any atom is 0.236 e. The molecule has 1 atom stereocenters. The van der Waals surface area contributed by atoms with Crippen LogP contribution in [0.2, 0.25) is 5.02 Å². The number of hydrogen-bond acceptors (Lipinski definition) is 4. The van der Waals surface area contributed by atoms with Crippen LogP contribution in [0.3, 0.4) is 0 Å². The number of morpholine rings is 1. The number of hydrogen-bond donors (Lipinski definition) is 1. The maximum absolute atomic E-state index is 13.0. The van der Waals surface area contributed by atoms with Gasteiger partial charge in [-0.15, -0.1) is 0 Å². The van der Waals surface area contributed by atoms with Crippen LogP contribution in [0, 0.1) is 0 Å². The third kappa shape index (κ3) is 4.90. The Labute approximate surface area is 177 Å². The Morgan fingerprint density at radius 3 is 2.66 bits per heavy atom. The van der Waals surface area contributed by atoms with Crippen LogP contribution < -0.4 is 4.72 Å². The molecular formula is C22H25ClN2O3S. The number of benzene rings is 2. The van der Waals surface area contributed by atoms with E-state index in [1.54, 1.807) is 6.08 Å². The smallest absolute Gasteiger partial charge is 0.236 e. The largest absolute Gasteiger partial charge is 0.379 e. The highest BCUT2D eigenvalue weighted by atomic mass is 35.5. The summed E-state index contributed by atoms with van der Waals surface area (Å²) in [6, 6.07) is 15.5. The fraction of sp³-hybridized carbons (Fsp3) is 0.364. The fourth-order valence-corrected chi connectivity index (χ4v) is 5.37. The number of ether oxygens (including phenoxy) is 1. The second-order valence-electron chi connectivity index (χ2n) is 7.38. The van der Waals surface area contributed by atoms with E-state index >= 15 is 0 Å². The number of sulfonamides is 1. The molecule has 29 heavy (non-hydrogen) atoms. The van der Waals surface area contributed by atoms with Crippen molar-refractivity contribution in [1.82, 2.24) is 9.62 Å². The molecule has 0 aromatic heterocycles. The first-order valence-corrected chi connectivity index (χ1v) is 11.7. The number of fused-ring (bicyclic) bond motifs is 1. The summed E-state index contributed by atoms with van der Waals surface area (Å²) in [6.07, 6.45) is 3.06. The van der Waals surface area contributed by atoms with Crippen LogP contribution in [0.5, 0.6) is 0 Å². The highest BCUT2D eigenvalue weighted by Crippen LogP contribution is 2.28. The first kappa shape index (κ1) is 20.6. The Bertz CT molecular complexity index is 1000. The van der Waals surface area contributed by atoms with Gasteiger partial charge in [-0.1, -0.05) is 48.0 Å². The number of aryl methyl sites for hydroxylation is 1. The van der Waals surface area contributed by atoms with Crippen LogP contribution in [0.4, 0.5) is 0 Å². The molecule has 7 heteroatoms. The highest BCUT2D eigenvalue weighted by Gasteiger charge is 2.27. The molecule has 0 radical (unpaired) electrons. The Balaban J connectivity index is 1.54. The van der Waals surface area contributed by atoms with Crippen LogP contribution in [-0.4, -0.2) is 46.2 Å². The predicted octanol–water partition coefficient (Wildman–Crippen LogP) is 3.62. The summed E-state index contributed by atoms with van der Waals surface area (Å²) < 4.78 is 34.4. The SMILES string of the molecule is O=S(=O)(NCC(c1cccc(Cl)c1)N1CCOCC1)C1=Cc2ccccc2CC1. The van der Waals surface area contributed by atoms with Gasteiger partial charge in [-0.05, 0) is 47.7 Å². The zero-order valence-corrected chi connectivity index (χ0v) is 17.8. The van der Waals surface area contributed by atoms with Gasteiger partial charge in [-0.25, -0.2) is 13.1 Å². The van der Waals surface area contributed by atoms with Crippen molar-refractivity contribution in [2.45, 2.75) is 18.9 Å². The van der Waals surface area contributed by atoms with Gasteiger partial charge >= 0.3 is 0 Å². The summed E-state index contributed by atoms with van der Waals surface area (Å²) in [5.41, 5.74) is 3.18. The van der Waals surface area contributed by atoms with E-state index in [-0.39, 0.29) is 6.04 Å². The third-order valence-electron chi connectivity index (χ3n) is 5.54. The van der Waals surface area contributed by atoms with Gasteiger partial charge in [-0.3, -0.25) is 4.90 Å². The van der Waals surface area contributed by atoms with Gasteiger partial charge in [0.15, 0.2) is 0 Å². The Morgan fingerprint density at radius 1 is 1.07 bits per heavy atom.